The molecule has 1 aliphatic carbocycles. The van der Waals surface area contributed by atoms with Gasteiger partial charge in [-0.15, -0.1) is 11.3 Å². The fourth-order valence-corrected chi connectivity index (χ4v) is 5.02. The average Bonchev–Trinajstić information content (AvgIpc) is 2.92. The number of aryl methyl sites for hydroxylation is 2. The molecule has 0 unspecified atom stereocenters. The van der Waals surface area contributed by atoms with Crippen molar-refractivity contribution in [1.29, 1.82) is 0 Å². The summed E-state index contributed by atoms with van der Waals surface area (Å²) in [6.45, 7) is 8.45. The first kappa shape index (κ1) is 19.8. The molecular formula is C21H26N2O2S2. The third-order valence-electron chi connectivity index (χ3n) is 4.94. The molecule has 2 aromatic rings. The summed E-state index contributed by atoms with van der Waals surface area (Å²) in [5, 5.41) is 17.0. The fraction of sp³-hybridized carbons (Fsp3) is 0.381. The molecule has 144 valence electrons. The highest BCUT2D eigenvalue weighted by Gasteiger charge is 2.32. The Labute approximate surface area is 170 Å². The summed E-state index contributed by atoms with van der Waals surface area (Å²) in [7, 11) is 0. The summed E-state index contributed by atoms with van der Waals surface area (Å²) in [5.41, 5.74) is 3.63. The number of anilines is 2. The van der Waals surface area contributed by atoms with E-state index in [0.29, 0.717) is 16.4 Å². The average molecular weight is 403 g/mol. The van der Waals surface area contributed by atoms with E-state index in [9.17, 15) is 9.90 Å². The van der Waals surface area contributed by atoms with Crippen LogP contribution in [0.5, 0.6) is 0 Å². The van der Waals surface area contributed by atoms with Crippen molar-refractivity contribution in [2.75, 3.05) is 16.4 Å². The van der Waals surface area contributed by atoms with Crippen molar-refractivity contribution in [3.05, 3.63) is 58.2 Å². The van der Waals surface area contributed by atoms with Gasteiger partial charge in [0.15, 0.2) is 0 Å². The molecule has 27 heavy (non-hydrogen) atoms. The molecule has 0 spiro atoms. The number of aromatic carboxylic acids is 1. The number of hydrogen-bond acceptors (Lipinski definition) is 5. The topological polar surface area (TPSA) is 61.4 Å². The number of nitrogens with one attached hydrogen (secondary N) is 2. The Kier molecular flexibility index (Phi) is 5.86. The van der Waals surface area contributed by atoms with Crippen molar-refractivity contribution in [2.45, 2.75) is 39.5 Å². The van der Waals surface area contributed by atoms with Gasteiger partial charge in [-0.25, -0.2) is 4.79 Å². The number of thiol groups is 1. The van der Waals surface area contributed by atoms with E-state index < -0.39 is 5.97 Å². The van der Waals surface area contributed by atoms with E-state index >= 15 is 0 Å². The van der Waals surface area contributed by atoms with Gasteiger partial charge < -0.3 is 15.7 Å². The van der Waals surface area contributed by atoms with Gasteiger partial charge in [0.2, 0.25) is 0 Å². The molecule has 0 bridgehead atoms. The Balaban J connectivity index is 1.83. The largest absolute Gasteiger partial charge is 0.478 e. The minimum absolute atomic E-state index is 0.136. The van der Waals surface area contributed by atoms with Crippen molar-refractivity contribution in [3.63, 3.8) is 0 Å². The Morgan fingerprint density at radius 3 is 2.78 bits per heavy atom. The molecule has 3 rings (SSSR count). The number of thiophene rings is 1. The number of hydrogen-bond donors (Lipinski definition) is 4. The highest BCUT2D eigenvalue weighted by Crippen LogP contribution is 2.44. The zero-order valence-corrected chi connectivity index (χ0v) is 17.5. The van der Waals surface area contributed by atoms with Gasteiger partial charge >= 0.3 is 5.97 Å². The van der Waals surface area contributed by atoms with Crippen LogP contribution in [0.25, 0.3) is 0 Å². The van der Waals surface area contributed by atoms with Crippen LogP contribution in [0, 0.1) is 5.41 Å². The predicted molar refractivity (Wildman–Crippen MR) is 117 cm³/mol. The molecule has 1 heterocycles. The van der Waals surface area contributed by atoms with Crippen LogP contribution in [0.2, 0.25) is 0 Å². The zero-order valence-electron chi connectivity index (χ0n) is 15.8. The standard InChI is InChI=1S/C21H26N2O2S2/c1-13(22-16-7-5-4-6-14(16)9-11-26)23-19-18(20(24)25)15-12-21(2,3)10-8-17(15)27-19/h4-7,22-23,26H,1,8-12H2,2-3H3,(H,24,25). The fourth-order valence-electron chi connectivity index (χ4n) is 3.55. The molecule has 0 saturated heterocycles. The van der Waals surface area contributed by atoms with Crippen molar-refractivity contribution in [1.82, 2.24) is 0 Å². The summed E-state index contributed by atoms with van der Waals surface area (Å²) >= 11 is 5.85. The normalized spacial score (nSPS) is 15.1. The Morgan fingerprint density at radius 1 is 1.33 bits per heavy atom. The predicted octanol–water partition coefficient (Wildman–Crippen LogP) is 5.43. The molecule has 1 aliphatic rings. The summed E-state index contributed by atoms with van der Waals surface area (Å²) < 4.78 is 0. The molecule has 0 radical (unpaired) electrons. The number of benzene rings is 1. The van der Waals surface area contributed by atoms with Crippen molar-refractivity contribution in [2.24, 2.45) is 5.41 Å². The first-order chi connectivity index (χ1) is 12.8. The molecule has 1 aromatic heterocycles. The Morgan fingerprint density at radius 2 is 2.07 bits per heavy atom. The summed E-state index contributed by atoms with van der Waals surface area (Å²) in [4.78, 5) is 13.1. The van der Waals surface area contributed by atoms with E-state index in [4.69, 9.17) is 0 Å². The smallest absolute Gasteiger partial charge is 0.339 e. The van der Waals surface area contributed by atoms with Gasteiger partial charge in [0.25, 0.3) is 0 Å². The quantitative estimate of drug-likeness (QED) is 0.467. The molecular weight excluding hydrogens is 376 g/mol. The van der Waals surface area contributed by atoms with Crippen LogP contribution in [-0.4, -0.2) is 16.8 Å². The lowest BCUT2D eigenvalue weighted by Crippen LogP contribution is -2.22. The van der Waals surface area contributed by atoms with Gasteiger partial charge in [-0.2, -0.15) is 12.6 Å². The second-order valence-corrected chi connectivity index (χ2v) is 9.27. The first-order valence-corrected chi connectivity index (χ1v) is 10.5. The van der Waals surface area contributed by atoms with Gasteiger partial charge in [0, 0.05) is 10.6 Å². The first-order valence-electron chi connectivity index (χ1n) is 9.10. The van der Waals surface area contributed by atoms with E-state index in [1.807, 2.05) is 18.2 Å². The highest BCUT2D eigenvalue weighted by atomic mass is 32.1. The van der Waals surface area contributed by atoms with Crippen molar-refractivity contribution < 1.29 is 9.90 Å². The number of carbonyl (C=O) groups is 1. The highest BCUT2D eigenvalue weighted by molar-refractivity contribution is 7.80. The van der Waals surface area contributed by atoms with E-state index in [-0.39, 0.29) is 5.41 Å². The van der Waals surface area contributed by atoms with Crippen LogP contribution >= 0.6 is 24.0 Å². The minimum atomic E-state index is -0.879. The molecule has 0 amide bonds. The van der Waals surface area contributed by atoms with Crippen LogP contribution in [-0.2, 0) is 19.3 Å². The van der Waals surface area contributed by atoms with Crippen molar-refractivity contribution >= 4 is 40.6 Å². The summed E-state index contributed by atoms with van der Waals surface area (Å²) in [5.74, 6) is 0.452. The van der Waals surface area contributed by atoms with Crippen LogP contribution in [0.3, 0.4) is 0 Å². The lowest BCUT2D eigenvalue weighted by Gasteiger charge is -2.29. The van der Waals surface area contributed by atoms with Gasteiger partial charge in [0.1, 0.15) is 10.8 Å². The molecule has 6 heteroatoms. The number of carboxylic acids is 1. The maximum Gasteiger partial charge on any atom is 0.339 e. The second kappa shape index (κ2) is 7.98. The van der Waals surface area contributed by atoms with Gasteiger partial charge in [-0.3, -0.25) is 0 Å². The van der Waals surface area contributed by atoms with Crippen LogP contribution in [0.15, 0.2) is 36.7 Å². The minimum Gasteiger partial charge on any atom is -0.478 e. The monoisotopic (exact) mass is 402 g/mol. The molecule has 0 saturated carbocycles. The second-order valence-electron chi connectivity index (χ2n) is 7.71. The SMILES string of the molecule is C=C(Nc1ccccc1CCS)Nc1sc2c(c1C(=O)O)CC(C)(C)CC2. The van der Waals surface area contributed by atoms with E-state index in [1.165, 1.54) is 16.2 Å². The molecule has 3 N–H and O–H groups in total. The van der Waals surface area contributed by atoms with Crippen molar-refractivity contribution in [3.8, 4) is 0 Å². The molecule has 1 aromatic carbocycles. The van der Waals surface area contributed by atoms with E-state index in [2.05, 4.69) is 49.8 Å². The lowest BCUT2D eigenvalue weighted by atomic mass is 9.76. The molecule has 4 nitrogen and oxygen atoms in total. The van der Waals surface area contributed by atoms with Gasteiger partial charge in [0.05, 0.1) is 5.56 Å². The van der Waals surface area contributed by atoms with Gasteiger partial charge in [-0.1, -0.05) is 38.6 Å². The third kappa shape index (κ3) is 4.50. The molecule has 0 atom stereocenters. The number of carboxylic acid groups (broad SMARTS) is 1. The lowest BCUT2D eigenvalue weighted by molar-refractivity contribution is 0.0696. The maximum atomic E-state index is 12.0. The van der Waals surface area contributed by atoms with E-state index in [0.717, 1.165) is 48.3 Å². The third-order valence-corrected chi connectivity index (χ3v) is 6.37. The Bertz CT molecular complexity index is 871. The van der Waals surface area contributed by atoms with Crippen LogP contribution in [0.1, 0.15) is 46.6 Å². The van der Waals surface area contributed by atoms with Crippen LogP contribution in [0.4, 0.5) is 10.7 Å². The summed E-state index contributed by atoms with van der Waals surface area (Å²) in [6, 6.07) is 8.01. The van der Waals surface area contributed by atoms with Gasteiger partial charge in [-0.05, 0) is 54.0 Å². The number of fused-ring (bicyclic) bond motifs is 1. The number of para-hydroxylation sites is 1. The zero-order chi connectivity index (χ0) is 19.6. The van der Waals surface area contributed by atoms with Crippen LogP contribution < -0.4 is 10.6 Å². The maximum absolute atomic E-state index is 12.0. The molecule has 0 fully saturated rings. The summed E-state index contributed by atoms with van der Waals surface area (Å²) in [6.07, 6.45) is 3.66. The molecule has 0 aliphatic heterocycles. The Hall–Kier alpha value is -1.92. The van der Waals surface area contributed by atoms with E-state index in [1.54, 1.807) is 0 Å². The number of rotatable bonds is 7.